The summed E-state index contributed by atoms with van der Waals surface area (Å²) in [6.07, 6.45) is -3.03. The maximum atomic E-state index is 13.0. The normalized spacial score (nSPS) is 16.9. The minimum Gasteiger partial charge on any atom is -0.457 e. The van der Waals surface area contributed by atoms with Crippen LogP contribution < -0.4 is 5.32 Å². The fourth-order valence-corrected chi connectivity index (χ4v) is 3.09. The van der Waals surface area contributed by atoms with Crippen LogP contribution >= 0.6 is 24.0 Å². The van der Waals surface area contributed by atoms with Crippen LogP contribution in [0.4, 0.5) is 13.2 Å². The SMILES string of the molecule is O=C1NC(=S)S/C1=C/c1ccc(-c2ccccc2C(F)(F)F)o1. The highest BCUT2D eigenvalue weighted by atomic mass is 32.2. The van der Waals surface area contributed by atoms with Gasteiger partial charge in [-0.05, 0) is 18.2 Å². The Morgan fingerprint density at radius 2 is 1.91 bits per heavy atom. The third kappa shape index (κ3) is 3.32. The van der Waals surface area contributed by atoms with Crippen molar-refractivity contribution in [3.8, 4) is 11.3 Å². The largest absolute Gasteiger partial charge is 0.457 e. The van der Waals surface area contributed by atoms with Crippen molar-refractivity contribution in [2.24, 2.45) is 0 Å². The van der Waals surface area contributed by atoms with Crippen molar-refractivity contribution in [1.82, 2.24) is 5.32 Å². The van der Waals surface area contributed by atoms with E-state index in [-0.39, 0.29) is 23.0 Å². The van der Waals surface area contributed by atoms with Crippen LogP contribution in [0, 0.1) is 0 Å². The zero-order valence-corrected chi connectivity index (χ0v) is 12.9. The number of rotatable bonds is 2. The second kappa shape index (κ2) is 5.86. The highest BCUT2D eigenvalue weighted by molar-refractivity contribution is 8.26. The fourth-order valence-electron chi connectivity index (χ4n) is 2.07. The third-order valence-corrected chi connectivity index (χ3v) is 4.20. The Morgan fingerprint density at radius 1 is 1.17 bits per heavy atom. The van der Waals surface area contributed by atoms with Crippen LogP contribution in [-0.2, 0) is 11.0 Å². The monoisotopic (exact) mass is 355 g/mol. The molecule has 2 heterocycles. The van der Waals surface area contributed by atoms with E-state index in [9.17, 15) is 18.0 Å². The van der Waals surface area contributed by atoms with Crippen LogP contribution in [0.25, 0.3) is 17.4 Å². The zero-order chi connectivity index (χ0) is 16.6. The molecule has 0 spiro atoms. The van der Waals surface area contributed by atoms with Crippen LogP contribution in [0.15, 0.2) is 45.7 Å². The number of carbonyl (C=O) groups excluding carboxylic acids is 1. The smallest absolute Gasteiger partial charge is 0.417 e. The van der Waals surface area contributed by atoms with Crippen LogP contribution in [0.3, 0.4) is 0 Å². The summed E-state index contributed by atoms with van der Waals surface area (Å²) in [5.74, 6) is 0.00345. The summed E-state index contributed by atoms with van der Waals surface area (Å²) in [6.45, 7) is 0. The van der Waals surface area contributed by atoms with E-state index in [2.05, 4.69) is 5.32 Å². The van der Waals surface area contributed by atoms with Crippen molar-refractivity contribution >= 4 is 40.3 Å². The van der Waals surface area contributed by atoms with E-state index in [1.807, 2.05) is 0 Å². The summed E-state index contributed by atoms with van der Waals surface area (Å²) in [6, 6.07) is 8.10. The molecule has 1 amide bonds. The molecule has 0 unspecified atom stereocenters. The quantitative estimate of drug-likeness (QED) is 0.638. The van der Waals surface area contributed by atoms with E-state index in [1.165, 1.54) is 36.4 Å². The van der Waals surface area contributed by atoms with E-state index in [4.69, 9.17) is 16.6 Å². The van der Waals surface area contributed by atoms with Gasteiger partial charge < -0.3 is 9.73 Å². The lowest BCUT2D eigenvalue weighted by molar-refractivity contribution is -0.137. The predicted molar refractivity (Wildman–Crippen MR) is 85.5 cm³/mol. The lowest BCUT2D eigenvalue weighted by Crippen LogP contribution is -2.17. The molecule has 0 aliphatic carbocycles. The van der Waals surface area contributed by atoms with Gasteiger partial charge in [0.15, 0.2) is 0 Å². The number of amides is 1. The molecule has 3 rings (SSSR count). The first-order valence-electron chi connectivity index (χ1n) is 6.36. The number of thiocarbonyl (C=S) groups is 1. The second-order valence-corrected chi connectivity index (χ2v) is 6.32. The molecule has 1 aliphatic rings. The molecule has 118 valence electrons. The minimum atomic E-state index is -4.48. The summed E-state index contributed by atoms with van der Waals surface area (Å²) in [5.41, 5.74) is -0.827. The molecule has 0 saturated carbocycles. The maximum Gasteiger partial charge on any atom is 0.417 e. The predicted octanol–water partition coefficient (Wildman–Crippen LogP) is 4.45. The van der Waals surface area contributed by atoms with Gasteiger partial charge in [0.1, 0.15) is 15.8 Å². The highest BCUT2D eigenvalue weighted by Crippen LogP contribution is 2.38. The minimum absolute atomic E-state index is 0.0521. The summed E-state index contributed by atoms with van der Waals surface area (Å²) in [5, 5.41) is 2.45. The molecule has 3 nitrogen and oxygen atoms in total. The lowest BCUT2D eigenvalue weighted by atomic mass is 10.1. The summed E-state index contributed by atoms with van der Waals surface area (Å²) in [4.78, 5) is 11.9. The molecule has 8 heteroatoms. The van der Waals surface area contributed by atoms with Gasteiger partial charge in [-0.3, -0.25) is 4.79 Å². The van der Waals surface area contributed by atoms with Gasteiger partial charge in [0.2, 0.25) is 0 Å². The Kier molecular flexibility index (Phi) is 4.03. The highest BCUT2D eigenvalue weighted by Gasteiger charge is 2.34. The van der Waals surface area contributed by atoms with Crippen molar-refractivity contribution in [2.75, 3.05) is 0 Å². The fraction of sp³-hybridized carbons (Fsp3) is 0.0667. The molecule has 1 aliphatic heterocycles. The molecule has 1 aromatic heterocycles. The molecule has 1 fully saturated rings. The van der Waals surface area contributed by atoms with Gasteiger partial charge >= 0.3 is 6.18 Å². The first-order valence-corrected chi connectivity index (χ1v) is 7.58. The van der Waals surface area contributed by atoms with Crippen LogP contribution in [-0.4, -0.2) is 10.2 Å². The van der Waals surface area contributed by atoms with Crippen molar-refractivity contribution in [1.29, 1.82) is 0 Å². The molecule has 2 aromatic rings. The van der Waals surface area contributed by atoms with Gasteiger partial charge in [-0.15, -0.1) is 0 Å². The Morgan fingerprint density at radius 3 is 2.57 bits per heavy atom. The number of thioether (sulfide) groups is 1. The number of carbonyl (C=O) groups is 1. The Labute approximate surface area is 138 Å². The van der Waals surface area contributed by atoms with Crippen molar-refractivity contribution in [3.63, 3.8) is 0 Å². The van der Waals surface area contributed by atoms with Gasteiger partial charge in [-0.1, -0.05) is 42.2 Å². The Balaban J connectivity index is 1.96. The standard InChI is InChI=1S/C15H8F3NO2S2/c16-15(17,18)10-4-2-1-3-9(10)11-6-5-8(21-11)7-12-13(20)19-14(22)23-12/h1-7H,(H,19,20,22)/b12-7+. The Bertz CT molecular complexity index is 824. The first-order chi connectivity index (χ1) is 10.8. The second-order valence-electron chi connectivity index (χ2n) is 4.60. The van der Waals surface area contributed by atoms with Gasteiger partial charge in [0.05, 0.1) is 10.5 Å². The summed E-state index contributed by atoms with van der Waals surface area (Å²) >= 11 is 5.94. The maximum absolute atomic E-state index is 13.0. The molecule has 23 heavy (non-hydrogen) atoms. The van der Waals surface area contributed by atoms with Crippen LogP contribution in [0.2, 0.25) is 0 Å². The zero-order valence-electron chi connectivity index (χ0n) is 11.3. The molecule has 0 bridgehead atoms. The molecule has 1 N–H and O–H groups in total. The summed E-state index contributed by atoms with van der Waals surface area (Å²) < 4.78 is 44.9. The van der Waals surface area contributed by atoms with Crippen molar-refractivity contribution < 1.29 is 22.4 Å². The van der Waals surface area contributed by atoms with Gasteiger partial charge in [0, 0.05) is 11.6 Å². The van der Waals surface area contributed by atoms with Gasteiger partial charge in [-0.25, -0.2) is 0 Å². The van der Waals surface area contributed by atoms with Crippen molar-refractivity contribution in [3.05, 3.63) is 52.6 Å². The van der Waals surface area contributed by atoms with Crippen LogP contribution in [0.1, 0.15) is 11.3 Å². The van der Waals surface area contributed by atoms with E-state index >= 15 is 0 Å². The molecule has 1 saturated heterocycles. The number of hydrogen-bond donors (Lipinski definition) is 1. The van der Waals surface area contributed by atoms with Gasteiger partial charge in [0.25, 0.3) is 5.91 Å². The van der Waals surface area contributed by atoms with E-state index < -0.39 is 11.7 Å². The van der Waals surface area contributed by atoms with E-state index in [0.29, 0.717) is 9.23 Å². The molecular formula is C15H8F3NO2S2. The number of furan rings is 1. The lowest BCUT2D eigenvalue weighted by Gasteiger charge is -2.10. The third-order valence-electron chi connectivity index (χ3n) is 3.04. The molecular weight excluding hydrogens is 347 g/mol. The number of alkyl halides is 3. The molecule has 0 atom stereocenters. The average Bonchev–Trinajstić information content (AvgIpc) is 3.05. The first kappa shape index (κ1) is 15.8. The average molecular weight is 355 g/mol. The van der Waals surface area contributed by atoms with Gasteiger partial charge in [-0.2, -0.15) is 13.2 Å². The number of nitrogens with one attached hydrogen (secondary N) is 1. The molecule has 1 aromatic carbocycles. The summed E-state index contributed by atoms with van der Waals surface area (Å²) in [7, 11) is 0. The van der Waals surface area contributed by atoms with Crippen LogP contribution in [0.5, 0.6) is 0 Å². The number of halogens is 3. The van der Waals surface area contributed by atoms with E-state index in [1.54, 1.807) is 0 Å². The number of hydrogen-bond acceptors (Lipinski definition) is 4. The topological polar surface area (TPSA) is 42.2 Å². The van der Waals surface area contributed by atoms with Crippen molar-refractivity contribution in [2.45, 2.75) is 6.18 Å². The van der Waals surface area contributed by atoms with E-state index in [0.717, 1.165) is 17.8 Å². The number of benzene rings is 1. The Hall–Kier alpha value is -2.06. The molecule has 0 radical (unpaired) electrons.